The number of phenols is 1. The second kappa shape index (κ2) is 9.38. The second-order valence-electron chi connectivity index (χ2n) is 8.63. The summed E-state index contributed by atoms with van der Waals surface area (Å²) in [4.78, 5) is 12.2. The van der Waals surface area contributed by atoms with Crippen molar-refractivity contribution in [3.63, 3.8) is 0 Å². The summed E-state index contributed by atoms with van der Waals surface area (Å²) in [5, 5.41) is 25.3. The van der Waals surface area contributed by atoms with Crippen LogP contribution < -0.4 is 5.32 Å². The van der Waals surface area contributed by atoms with Crippen LogP contribution >= 0.6 is 11.6 Å². The van der Waals surface area contributed by atoms with Crippen LogP contribution in [-0.4, -0.2) is 33.9 Å². The maximum Gasteiger partial charge on any atom is 0.224 e. The van der Waals surface area contributed by atoms with Crippen LogP contribution in [0, 0.1) is 5.92 Å². The molecule has 5 nitrogen and oxygen atoms in total. The molecule has 1 amide bonds. The van der Waals surface area contributed by atoms with E-state index >= 15 is 0 Å². The summed E-state index contributed by atoms with van der Waals surface area (Å²) in [7, 11) is 0. The van der Waals surface area contributed by atoms with Gasteiger partial charge in [-0.25, -0.2) is 0 Å². The maximum absolute atomic E-state index is 12.2. The molecule has 1 unspecified atom stereocenters. The molecule has 2 aromatic carbocycles. The van der Waals surface area contributed by atoms with Gasteiger partial charge in [0, 0.05) is 24.7 Å². The van der Waals surface area contributed by atoms with Crippen LogP contribution in [0.4, 0.5) is 5.69 Å². The number of phenolic OH excluding ortho intramolecular Hbond substituents is 1. The number of rotatable bonds is 6. The van der Waals surface area contributed by atoms with E-state index in [2.05, 4.69) is 11.4 Å². The third-order valence-electron chi connectivity index (χ3n) is 6.43. The third kappa shape index (κ3) is 5.15. The number of hydrogen-bond acceptors (Lipinski definition) is 4. The summed E-state index contributed by atoms with van der Waals surface area (Å²) in [5.41, 5.74) is 4.09. The van der Waals surface area contributed by atoms with E-state index in [1.807, 2.05) is 18.2 Å². The van der Waals surface area contributed by atoms with Crippen molar-refractivity contribution in [2.24, 2.45) is 5.92 Å². The average Bonchev–Trinajstić information content (AvgIpc) is 2.83. The highest BCUT2D eigenvalue weighted by Gasteiger charge is 2.24. The van der Waals surface area contributed by atoms with Crippen LogP contribution in [-0.2, 0) is 24.1 Å². The first-order valence-electron chi connectivity index (χ1n) is 10.8. The molecule has 3 N–H and O–H groups in total. The number of benzene rings is 2. The summed E-state index contributed by atoms with van der Waals surface area (Å²) in [5.74, 6) is 0.735. The fourth-order valence-corrected chi connectivity index (χ4v) is 4.59. The molecule has 1 heterocycles. The van der Waals surface area contributed by atoms with E-state index in [0.29, 0.717) is 36.7 Å². The first kappa shape index (κ1) is 21.2. The van der Waals surface area contributed by atoms with Crippen molar-refractivity contribution >= 4 is 23.2 Å². The lowest BCUT2D eigenvalue weighted by Crippen LogP contribution is -2.34. The molecule has 2 aliphatic rings. The molecular weight excluding hydrogens is 400 g/mol. The molecule has 2 aromatic rings. The number of halogens is 1. The lowest BCUT2D eigenvalue weighted by atomic mass is 9.83. The van der Waals surface area contributed by atoms with Crippen molar-refractivity contribution < 1.29 is 15.1 Å². The molecule has 0 aromatic heterocycles. The molecule has 1 fully saturated rings. The predicted molar refractivity (Wildman–Crippen MR) is 118 cm³/mol. The SMILES string of the molecule is O=C(CC1CCC1)Nc1cccc(CCC2Cc3cc(O)c(Cl)cc3CCN2O)c1. The largest absolute Gasteiger partial charge is 0.506 e. The Bertz CT molecular complexity index is 913. The van der Waals surface area contributed by atoms with E-state index in [-0.39, 0.29) is 17.7 Å². The Labute approximate surface area is 182 Å². The molecule has 160 valence electrons. The number of carbonyl (C=O) groups is 1. The van der Waals surface area contributed by atoms with Crippen LogP contribution in [0.2, 0.25) is 5.02 Å². The molecule has 30 heavy (non-hydrogen) atoms. The first-order valence-corrected chi connectivity index (χ1v) is 11.2. The molecule has 4 rings (SSSR count). The van der Waals surface area contributed by atoms with Gasteiger partial charge in [-0.15, -0.1) is 0 Å². The number of carbonyl (C=O) groups excluding carboxylic acids is 1. The molecule has 1 aliphatic heterocycles. The van der Waals surface area contributed by atoms with E-state index in [1.54, 1.807) is 12.1 Å². The Balaban J connectivity index is 1.37. The number of aryl methyl sites for hydroxylation is 1. The Hall–Kier alpha value is -2.08. The molecule has 0 radical (unpaired) electrons. The molecule has 0 bridgehead atoms. The van der Waals surface area contributed by atoms with Gasteiger partial charge >= 0.3 is 0 Å². The zero-order valence-electron chi connectivity index (χ0n) is 17.1. The number of nitrogens with one attached hydrogen (secondary N) is 1. The molecule has 1 atom stereocenters. The minimum absolute atomic E-state index is 0.0383. The number of hydrogen-bond donors (Lipinski definition) is 3. The zero-order chi connectivity index (χ0) is 21.1. The van der Waals surface area contributed by atoms with Gasteiger partial charge in [-0.1, -0.05) is 30.2 Å². The number of amides is 1. The average molecular weight is 429 g/mol. The first-order chi connectivity index (χ1) is 14.5. The maximum atomic E-state index is 12.2. The minimum Gasteiger partial charge on any atom is -0.506 e. The van der Waals surface area contributed by atoms with Crippen LogP contribution in [0.5, 0.6) is 5.75 Å². The van der Waals surface area contributed by atoms with Crippen molar-refractivity contribution in [1.29, 1.82) is 0 Å². The van der Waals surface area contributed by atoms with E-state index in [0.717, 1.165) is 35.2 Å². The third-order valence-corrected chi connectivity index (χ3v) is 6.73. The number of fused-ring (bicyclic) bond motifs is 1. The van der Waals surface area contributed by atoms with Crippen molar-refractivity contribution in [1.82, 2.24) is 5.06 Å². The number of nitrogens with zero attached hydrogens (tertiary/aromatic N) is 1. The molecule has 0 saturated heterocycles. The monoisotopic (exact) mass is 428 g/mol. The fraction of sp³-hybridized carbons (Fsp3) is 0.458. The van der Waals surface area contributed by atoms with Gasteiger partial charge in [-0.05, 0) is 85.4 Å². The molecule has 1 aliphatic carbocycles. The van der Waals surface area contributed by atoms with Gasteiger partial charge in [-0.2, -0.15) is 5.06 Å². The van der Waals surface area contributed by atoms with Crippen molar-refractivity contribution in [2.75, 3.05) is 11.9 Å². The molecule has 6 heteroatoms. The second-order valence-corrected chi connectivity index (χ2v) is 9.04. The molecule has 1 saturated carbocycles. The normalized spacial score (nSPS) is 19.6. The van der Waals surface area contributed by atoms with Crippen molar-refractivity contribution in [2.45, 2.75) is 57.4 Å². The minimum atomic E-state index is -0.0383. The topological polar surface area (TPSA) is 72.8 Å². The Morgan fingerprint density at radius 3 is 2.80 bits per heavy atom. The van der Waals surface area contributed by atoms with Crippen LogP contribution in [0.25, 0.3) is 0 Å². The predicted octanol–water partition coefficient (Wildman–Crippen LogP) is 4.97. The van der Waals surface area contributed by atoms with E-state index < -0.39 is 0 Å². The summed E-state index contributed by atoms with van der Waals surface area (Å²) in [6.45, 7) is 0.538. The van der Waals surface area contributed by atoms with E-state index in [4.69, 9.17) is 11.6 Å². The molecule has 0 spiro atoms. The number of aromatic hydroxyl groups is 1. The van der Waals surface area contributed by atoms with Crippen molar-refractivity contribution in [3.8, 4) is 5.75 Å². The van der Waals surface area contributed by atoms with Gasteiger partial charge in [0.1, 0.15) is 5.75 Å². The highest BCUT2D eigenvalue weighted by atomic mass is 35.5. The Kier molecular flexibility index (Phi) is 6.61. The van der Waals surface area contributed by atoms with Gasteiger partial charge in [0.05, 0.1) is 5.02 Å². The quantitative estimate of drug-likeness (QED) is 0.607. The van der Waals surface area contributed by atoms with Gasteiger partial charge < -0.3 is 15.6 Å². The molecular formula is C24H29ClN2O3. The summed E-state index contributed by atoms with van der Waals surface area (Å²) in [6.07, 6.45) is 7.12. The van der Waals surface area contributed by atoms with Gasteiger partial charge in [0.25, 0.3) is 0 Å². The van der Waals surface area contributed by atoms with Crippen LogP contribution in [0.3, 0.4) is 0 Å². The summed E-state index contributed by atoms with van der Waals surface area (Å²) >= 11 is 6.05. The van der Waals surface area contributed by atoms with E-state index in [9.17, 15) is 15.1 Å². The lowest BCUT2D eigenvalue weighted by molar-refractivity contribution is -0.125. The van der Waals surface area contributed by atoms with Crippen molar-refractivity contribution in [3.05, 3.63) is 58.1 Å². The summed E-state index contributed by atoms with van der Waals surface area (Å²) < 4.78 is 0. The number of hydroxylamine groups is 2. The van der Waals surface area contributed by atoms with E-state index in [1.165, 1.54) is 24.3 Å². The lowest BCUT2D eigenvalue weighted by Gasteiger charge is -2.24. The van der Waals surface area contributed by atoms with Crippen LogP contribution in [0.15, 0.2) is 36.4 Å². The van der Waals surface area contributed by atoms with Gasteiger partial charge in [0.2, 0.25) is 5.91 Å². The zero-order valence-corrected chi connectivity index (χ0v) is 17.9. The van der Waals surface area contributed by atoms with Gasteiger partial charge in [-0.3, -0.25) is 4.79 Å². The standard InChI is InChI=1S/C24H29ClN2O3/c25-22-14-18-9-10-27(30)21(13-19(18)15-23(22)28)8-7-17-5-2-6-20(11-17)26-24(29)12-16-3-1-4-16/h2,5-6,11,14-16,21,28,30H,1,3-4,7-10,12-13H2,(H,26,29). The van der Waals surface area contributed by atoms with Crippen LogP contribution in [0.1, 0.15) is 48.8 Å². The highest BCUT2D eigenvalue weighted by molar-refractivity contribution is 6.32. The highest BCUT2D eigenvalue weighted by Crippen LogP contribution is 2.31. The summed E-state index contributed by atoms with van der Waals surface area (Å²) in [6, 6.07) is 11.5. The number of anilines is 1. The fourth-order valence-electron chi connectivity index (χ4n) is 4.41. The Morgan fingerprint density at radius 2 is 2.03 bits per heavy atom. The van der Waals surface area contributed by atoms with Gasteiger partial charge in [0.15, 0.2) is 0 Å². The Morgan fingerprint density at radius 1 is 1.20 bits per heavy atom. The smallest absolute Gasteiger partial charge is 0.224 e.